The quantitative estimate of drug-likeness (QED) is 0.113. The van der Waals surface area contributed by atoms with E-state index in [1.165, 1.54) is 11.3 Å². The van der Waals surface area contributed by atoms with Gasteiger partial charge in [0.25, 0.3) is 5.91 Å². The molecule has 0 aromatic carbocycles. The number of fused-ring (bicyclic) bond motifs is 1. The molecule has 1 aromatic heterocycles. The number of hydrogen-bond donors (Lipinski definition) is 1. The lowest BCUT2D eigenvalue weighted by molar-refractivity contribution is -0.153. The van der Waals surface area contributed by atoms with E-state index in [9.17, 15) is 33.0 Å². The summed E-state index contributed by atoms with van der Waals surface area (Å²) in [5.41, 5.74) is -0.610. The third-order valence-electron chi connectivity index (χ3n) is 6.23. The van der Waals surface area contributed by atoms with E-state index in [4.69, 9.17) is 49.0 Å². The summed E-state index contributed by atoms with van der Waals surface area (Å²) >= 11 is 18.5. The lowest BCUT2D eigenvalue weighted by Crippen LogP contribution is -2.75. The number of carbonyl (C=O) groups excluding carboxylic acids is 6. The number of carbonyl (C=O) groups is 6. The predicted molar refractivity (Wildman–Crippen MR) is 153 cm³/mol. The molecule has 42 heavy (non-hydrogen) atoms. The van der Waals surface area contributed by atoms with Crippen molar-refractivity contribution in [2.24, 2.45) is 5.92 Å². The summed E-state index contributed by atoms with van der Waals surface area (Å²) in [6.45, 7) is 2.37. The van der Waals surface area contributed by atoms with E-state index in [0.717, 1.165) is 23.6 Å². The van der Waals surface area contributed by atoms with Crippen molar-refractivity contribution in [2.45, 2.75) is 54.1 Å². The molecule has 230 valence electrons. The van der Waals surface area contributed by atoms with Crippen LogP contribution in [0.25, 0.3) is 0 Å². The molecule has 17 heteroatoms. The molecular weight excluding hydrogens is 659 g/mol. The number of alkyl halides is 3. The van der Waals surface area contributed by atoms with Crippen LogP contribution in [0.5, 0.6) is 0 Å². The Morgan fingerprint density at radius 3 is 2.38 bits per heavy atom. The lowest BCUT2D eigenvalue weighted by Gasteiger charge is -2.51. The Morgan fingerprint density at radius 1 is 1.14 bits per heavy atom. The molecule has 2 aliphatic rings. The number of nitrogens with one attached hydrogen (secondary N) is 1. The number of β-lactam (4-membered cyclic amide) rings is 1. The molecular formula is C25H27Cl3N2O10S2. The van der Waals surface area contributed by atoms with Crippen molar-refractivity contribution in [2.75, 3.05) is 19.8 Å². The average molecular weight is 686 g/mol. The number of ketones is 1. The van der Waals surface area contributed by atoms with E-state index in [1.54, 1.807) is 24.4 Å². The SMILES string of the molecule is CCOC(=O)C(CC1C(COC(C)=O)=C(C(=O)OCC(Cl)(Cl)Cl)N2C(=O)C(NC(=O)Cc3cccs3)[C@@H]2S1=O)C(C)=O. The first kappa shape index (κ1) is 34.0. The molecule has 5 atom stereocenters. The molecule has 12 nitrogen and oxygen atoms in total. The van der Waals surface area contributed by atoms with Gasteiger partial charge in [0.15, 0.2) is 0 Å². The summed E-state index contributed by atoms with van der Waals surface area (Å²) < 4.78 is 27.2. The molecule has 1 fully saturated rings. The Kier molecular flexibility index (Phi) is 11.6. The monoisotopic (exact) mass is 684 g/mol. The first-order valence-electron chi connectivity index (χ1n) is 12.5. The van der Waals surface area contributed by atoms with Crippen LogP contribution >= 0.6 is 46.1 Å². The second-order valence-electron chi connectivity index (χ2n) is 9.21. The molecule has 3 heterocycles. The highest BCUT2D eigenvalue weighted by Crippen LogP contribution is 2.41. The first-order valence-corrected chi connectivity index (χ1v) is 15.8. The zero-order valence-electron chi connectivity index (χ0n) is 22.6. The van der Waals surface area contributed by atoms with Crippen molar-refractivity contribution >= 4 is 92.4 Å². The van der Waals surface area contributed by atoms with Gasteiger partial charge in [-0.2, -0.15) is 0 Å². The van der Waals surface area contributed by atoms with Crippen LogP contribution in [0.2, 0.25) is 0 Å². The third kappa shape index (κ3) is 8.10. The average Bonchev–Trinajstić information content (AvgIpc) is 3.40. The Bertz CT molecular complexity index is 1310. The molecule has 0 spiro atoms. The molecule has 0 bridgehead atoms. The van der Waals surface area contributed by atoms with E-state index in [0.29, 0.717) is 0 Å². The maximum Gasteiger partial charge on any atom is 0.355 e. The first-order chi connectivity index (χ1) is 19.7. The number of Topliss-reactive ketones (excluding diaryl/α,β-unsaturated/α-hetero) is 1. The zero-order chi connectivity index (χ0) is 31.4. The van der Waals surface area contributed by atoms with E-state index in [1.807, 2.05) is 0 Å². The number of rotatable bonds is 12. The minimum Gasteiger partial charge on any atom is -0.465 e. The highest BCUT2D eigenvalue weighted by atomic mass is 35.6. The molecule has 2 amide bonds. The van der Waals surface area contributed by atoms with Crippen LogP contribution < -0.4 is 5.32 Å². The van der Waals surface area contributed by atoms with Crippen molar-refractivity contribution < 1.29 is 47.2 Å². The van der Waals surface area contributed by atoms with Gasteiger partial charge in [-0.15, -0.1) is 11.3 Å². The second kappa shape index (κ2) is 14.3. The van der Waals surface area contributed by atoms with Gasteiger partial charge in [0, 0.05) is 17.4 Å². The van der Waals surface area contributed by atoms with Gasteiger partial charge in [-0.05, 0) is 31.7 Å². The van der Waals surface area contributed by atoms with E-state index >= 15 is 0 Å². The van der Waals surface area contributed by atoms with Crippen LogP contribution in [0.3, 0.4) is 0 Å². The van der Waals surface area contributed by atoms with Crippen molar-refractivity contribution in [3.8, 4) is 0 Å². The largest absolute Gasteiger partial charge is 0.465 e. The zero-order valence-corrected chi connectivity index (χ0v) is 26.5. The number of amides is 2. The Morgan fingerprint density at radius 2 is 1.83 bits per heavy atom. The molecule has 1 N–H and O–H groups in total. The summed E-state index contributed by atoms with van der Waals surface area (Å²) in [5, 5.41) is 1.75. The molecule has 0 aliphatic carbocycles. The van der Waals surface area contributed by atoms with Crippen LogP contribution in [-0.2, 0) is 60.2 Å². The van der Waals surface area contributed by atoms with Crippen LogP contribution in [0.15, 0.2) is 28.8 Å². The van der Waals surface area contributed by atoms with Gasteiger partial charge >= 0.3 is 17.9 Å². The Hall–Kier alpha value is -2.52. The van der Waals surface area contributed by atoms with Gasteiger partial charge in [-0.25, -0.2) is 4.79 Å². The molecule has 0 saturated carbocycles. The maximum atomic E-state index is 14.0. The molecule has 1 saturated heterocycles. The molecule has 3 rings (SSSR count). The van der Waals surface area contributed by atoms with Crippen molar-refractivity contribution in [1.82, 2.24) is 10.2 Å². The fourth-order valence-electron chi connectivity index (χ4n) is 4.39. The smallest absolute Gasteiger partial charge is 0.355 e. The number of nitrogens with zero attached hydrogens (tertiary/aromatic N) is 1. The molecule has 0 radical (unpaired) electrons. The van der Waals surface area contributed by atoms with Crippen LogP contribution in [0, 0.1) is 5.92 Å². The fourth-order valence-corrected chi connectivity index (χ4v) is 7.31. The van der Waals surface area contributed by atoms with Gasteiger partial charge < -0.3 is 19.5 Å². The fraction of sp³-hybridized carbons (Fsp3) is 0.520. The Labute approximate surface area is 262 Å². The predicted octanol–water partition coefficient (Wildman–Crippen LogP) is 1.96. The number of hydrogen-bond acceptors (Lipinski definition) is 11. The summed E-state index contributed by atoms with van der Waals surface area (Å²) in [6.07, 6.45) is -0.474. The van der Waals surface area contributed by atoms with Crippen LogP contribution in [0.4, 0.5) is 0 Å². The second-order valence-corrected chi connectivity index (χ2v) is 14.5. The number of halogens is 3. The number of ether oxygens (including phenoxy) is 3. The van der Waals surface area contributed by atoms with Gasteiger partial charge in [0.05, 0.1) is 29.1 Å². The van der Waals surface area contributed by atoms with E-state index < -0.39 is 98.0 Å². The molecule has 4 unspecified atom stereocenters. The van der Waals surface area contributed by atoms with Crippen LogP contribution in [-0.4, -0.2) is 84.9 Å². The third-order valence-corrected chi connectivity index (χ3v) is 9.43. The summed E-state index contributed by atoms with van der Waals surface area (Å²) in [4.78, 5) is 77.8. The summed E-state index contributed by atoms with van der Waals surface area (Å²) in [7, 11) is -2.13. The maximum absolute atomic E-state index is 14.0. The topological polar surface area (TPSA) is 162 Å². The summed E-state index contributed by atoms with van der Waals surface area (Å²) in [6, 6.07) is 2.17. The lowest BCUT2D eigenvalue weighted by atomic mass is 9.93. The molecule has 1 aromatic rings. The van der Waals surface area contributed by atoms with Crippen LogP contribution in [0.1, 0.15) is 32.1 Å². The number of esters is 3. The van der Waals surface area contributed by atoms with Gasteiger partial charge in [-0.1, -0.05) is 40.9 Å². The Balaban J connectivity index is 2.07. The van der Waals surface area contributed by atoms with Gasteiger partial charge in [-0.3, -0.25) is 33.1 Å². The van der Waals surface area contributed by atoms with Crippen molar-refractivity contribution in [1.29, 1.82) is 0 Å². The highest BCUT2D eigenvalue weighted by molar-refractivity contribution is 7.86. The highest BCUT2D eigenvalue weighted by Gasteiger charge is 2.60. The summed E-state index contributed by atoms with van der Waals surface area (Å²) in [5.74, 6) is -6.17. The minimum absolute atomic E-state index is 0.0373. The van der Waals surface area contributed by atoms with E-state index in [-0.39, 0.29) is 18.6 Å². The van der Waals surface area contributed by atoms with Gasteiger partial charge in [0.2, 0.25) is 9.70 Å². The van der Waals surface area contributed by atoms with Crippen molar-refractivity contribution in [3.05, 3.63) is 33.7 Å². The van der Waals surface area contributed by atoms with Gasteiger partial charge in [0.1, 0.15) is 42.0 Å². The van der Waals surface area contributed by atoms with Crippen molar-refractivity contribution in [3.63, 3.8) is 0 Å². The van der Waals surface area contributed by atoms with E-state index in [2.05, 4.69) is 5.32 Å². The normalized spacial score (nSPS) is 22.4. The minimum atomic E-state index is -2.13. The molecule has 2 aliphatic heterocycles. The number of thiophene rings is 1. The standard InChI is InChI=1S/C25H27Cl3N2O10S2/c1-4-38-23(35)15(12(2)31)9-17-16(10-39-13(3)32)20(24(36)40-11-25(26,27)28)30-21(34)19(22(30)42(17)37)29-18(33)8-14-6-5-7-41-14/h5-7,15,17,19,22H,4,8-11H2,1-3H3,(H,29,33)/t15?,17?,19?,22-,42?/m0/s1.